The molecule has 1 aliphatic rings. The molecule has 0 radical (unpaired) electrons. The molecular formula is C14H13ClF3NO2. The molecule has 1 amide bonds. The molecule has 2 rings (SSSR count). The van der Waals surface area contributed by atoms with E-state index in [0.29, 0.717) is 12.1 Å². The second-order valence-corrected chi connectivity index (χ2v) is 5.32. The highest BCUT2D eigenvalue weighted by Gasteiger charge is 2.44. The Hall–Kier alpha value is -1.56. The van der Waals surface area contributed by atoms with E-state index in [1.165, 1.54) is 17.0 Å². The van der Waals surface area contributed by atoms with Crippen LogP contribution in [-0.2, 0) is 15.8 Å². The van der Waals surface area contributed by atoms with Crippen molar-refractivity contribution < 1.29 is 22.8 Å². The Morgan fingerprint density at radius 1 is 1.33 bits per heavy atom. The van der Waals surface area contributed by atoms with Crippen LogP contribution in [-0.4, -0.2) is 17.7 Å². The molecule has 2 atom stereocenters. The lowest BCUT2D eigenvalue weighted by molar-refractivity contribution is -0.137. The Bertz CT molecular complexity index is 556. The van der Waals surface area contributed by atoms with E-state index < -0.39 is 28.8 Å². The highest BCUT2D eigenvalue weighted by Crippen LogP contribution is 2.35. The number of benzene rings is 1. The third kappa shape index (κ3) is 3.05. The maximum Gasteiger partial charge on any atom is 0.416 e. The van der Waals surface area contributed by atoms with Crippen molar-refractivity contribution in [2.75, 3.05) is 11.4 Å². The van der Waals surface area contributed by atoms with Gasteiger partial charge in [0.15, 0.2) is 0 Å². The summed E-state index contributed by atoms with van der Waals surface area (Å²) in [6.07, 6.45) is -3.83. The molecule has 0 bridgehead atoms. The first-order valence-corrected chi connectivity index (χ1v) is 6.81. The van der Waals surface area contributed by atoms with Crippen LogP contribution in [0.25, 0.3) is 0 Å². The predicted octanol–water partition coefficient (Wildman–Crippen LogP) is 3.46. The molecule has 0 saturated carbocycles. The van der Waals surface area contributed by atoms with Crippen LogP contribution in [0.3, 0.4) is 0 Å². The molecule has 1 fully saturated rings. The Morgan fingerprint density at radius 3 is 2.29 bits per heavy atom. The lowest BCUT2D eigenvalue weighted by atomic mass is 9.94. The second kappa shape index (κ2) is 5.67. The third-order valence-electron chi connectivity index (χ3n) is 3.70. The first-order chi connectivity index (χ1) is 9.75. The topological polar surface area (TPSA) is 37.4 Å². The van der Waals surface area contributed by atoms with Crippen molar-refractivity contribution in [1.29, 1.82) is 0 Å². The van der Waals surface area contributed by atoms with E-state index in [-0.39, 0.29) is 12.5 Å². The summed E-state index contributed by atoms with van der Waals surface area (Å²) in [4.78, 5) is 24.9. The van der Waals surface area contributed by atoms with Gasteiger partial charge in [0, 0.05) is 12.2 Å². The number of hydrogen-bond acceptors (Lipinski definition) is 2. The zero-order valence-electron chi connectivity index (χ0n) is 11.2. The Labute approximate surface area is 124 Å². The SMILES string of the molecule is CCC1CN(c2ccc(C(F)(F)F)cc2)C(=O)C1C(=O)Cl. The molecular weight excluding hydrogens is 307 g/mol. The smallest absolute Gasteiger partial charge is 0.311 e. The number of alkyl halides is 3. The fraction of sp³-hybridized carbons (Fsp3) is 0.429. The fourth-order valence-electron chi connectivity index (χ4n) is 2.51. The quantitative estimate of drug-likeness (QED) is 0.632. The van der Waals surface area contributed by atoms with Gasteiger partial charge in [0.1, 0.15) is 5.92 Å². The van der Waals surface area contributed by atoms with Crippen LogP contribution in [0.15, 0.2) is 24.3 Å². The molecule has 1 aromatic carbocycles. The summed E-state index contributed by atoms with van der Waals surface area (Å²) in [7, 11) is 0. The van der Waals surface area contributed by atoms with Gasteiger partial charge in [0.2, 0.25) is 11.1 Å². The van der Waals surface area contributed by atoms with Gasteiger partial charge in [-0.15, -0.1) is 0 Å². The van der Waals surface area contributed by atoms with Gasteiger partial charge in [-0.25, -0.2) is 0 Å². The Balaban J connectivity index is 2.27. The summed E-state index contributed by atoms with van der Waals surface area (Å²) >= 11 is 5.46. The van der Waals surface area contributed by atoms with Crippen LogP contribution in [0, 0.1) is 11.8 Å². The van der Waals surface area contributed by atoms with E-state index in [9.17, 15) is 22.8 Å². The van der Waals surface area contributed by atoms with Gasteiger partial charge >= 0.3 is 6.18 Å². The standard InChI is InChI=1S/C14H13ClF3NO2/c1-2-8-7-19(13(21)11(8)12(15)20)10-5-3-9(4-6-10)14(16,17)18/h3-6,8,11H,2,7H2,1H3. The second-order valence-electron chi connectivity index (χ2n) is 4.94. The minimum absolute atomic E-state index is 0.218. The Kier molecular flexibility index (Phi) is 4.27. The molecule has 0 N–H and O–H groups in total. The van der Waals surface area contributed by atoms with Crippen molar-refractivity contribution in [3.05, 3.63) is 29.8 Å². The lowest BCUT2D eigenvalue weighted by Crippen LogP contribution is -2.29. The zero-order chi connectivity index (χ0) is 15.8. The largest absolute Gasteiger partial charge is 0.416 e. The number of rotatable bonds is 3. The van der Waals surface area contributed by atoms with Crippen molar-refractivity contribution in [2.45, 2.75) is 19.5 Å². The van der Waals surface area contributed by atoms with Gasteiger partial charge < -0.3 is 4.90 Å². The molecule has 114 valence electrons. The minimum Gasteiger partial charge on any atom is -0.311 e. The van der Waals surface area contributed by atoms with Crippen LogP contribution in [0.4, 0.5) is 18.9 Å². The van der Waals surface area contributed by atoms with Gasteiger partial charge in [-0.05, 0) is 41.8 Å². The van der Waals surface area contributed by atoms with Gasteiger partial charge in [0.05, 0.1) is 5.56 Å². The predicted molar refractivity (Wildman–Crippen MR) is 71.9 cm³/mol. The normalized spacial score (nSPS) is 22.7. The number of carbonyl (C=O) groups is 2. The summed E-state index contributed by atoms with van der Waals surface area (Å²) in [5.74, 6) is -1.59. The molecule has 1 saturated heterocycles. The first-order valence-electron chi connectivity index (χ1n) is 6.43. The number of halogens is 4. The lowest BCUT2D eigenvalue weighted by Gasteiger charge is -2.17. The number of amides is 1. The molecule has 2 unspecified atom stereocenters. The van der Waals surface area contributed by atoms with Gasteiger partial charge in [-0.2, -0.15) is 13.2 Å². The van der Waals surface area contributed by atoms with Crippen molar-refractivity contribution in [2.24, 2.45) is 11.8 Å². The van der Waals surface area contributed by atoms with Crippen LogP contribution in [0.2, 0.25) is 0 Å². The molecule has 3 nitrogen and oxygen atoms in total. The summed E-state index contributed by atoms with van der Waals surface area (Å²) < 4.78 is 37.5. The average Bonchev–Trinajstić information content (AvgIpc) is 2.75. The van der Waals surface area contributed by atoms with Crippen LogP contribution in [0.1, 0.15) is 18.9 Å². The summed E-state index contributed by atoms with van der Waals surface area (Å²) in [5.41, 5.74) is -0.443. The molecule has 7 heteroatoms. The summed E-state index contributed by atoms with van der Waals surface area (Å²) in [6.45, 7) is 2.12. The van der Waals surface area contributed by atoms with E-state index in [1.54, 1.807) is 0 Å². The van der Waals surface area contributed by atoms with Crippen molar-refractivity contribution in [1.82, 2.24) is 0 Å². The third-order valence-corrected chi connectivity index (χ3v) is 3.93. The van der Waals surface area contributed by atoms with Gasteiger partial charge in [0.25, 0.3) is 0 Å². The van der Waals surface area contributed by atoms with E-state index in [4.69, 9.17) is 11.6 Å². The monoisotopic (exact) mass is 319 g/mol. The molecule has 1 aromatic rings. The zero-order valence-corrected chi connectivity index (χ0v) is 11.9. The number of anilines is 1. The van der Waals surface area contributed by atoms with Crippen LogP contribution >= 0.6 is 11.6 Å². The van der Waals surface area contributed by atoms with Crippen molar-refractivity contribution >= 4 is 28.4 Å². The highest BCUT2D eigenvalue weighted by atomic mass is 35.5. The molecule has 21 heavy (non-hydrogen) atoms. The van der Waals surface area contributed by atoms with E-state index >= 15 is 0 Å². The van der Waals surface area contributed by atoms with Crippen LogP contribution < -0.4 is 4.90 Å². The van der Waals surface area contributed by atoms with Crippen molar-refractivity contribution in [3.63, 3.8) is 0 Å². The molecule has 0 aliphatic carbocycles. The molecule has 0 spiro atoms. The maximum atomic E-state index is 12.5. The molecule has 0 aromatic heterocycles. The van der Waals surface area contributed by atoms with E-state index in [0.717, 1.165) is 12.1 Å². The van der Waals surface area contributed by atoms with Gasteiger partial charge in [-0.1, -0.05) is 13.3 Å². The van der Waals surface area contributed by atoms with Crippen LogP contribution in [0.5, 0.6) is 0 Å². The van der Waals surface area contributed by atoms with E-state index in [2.05, 4.69) is 0 Å². The minimum atomic E-state index is -4.42. The number of nitrogens with zero attached hydrogens (tertiary/aromatic N) is 1. The summed E-state index contributed by atoms with van der Waals surface area (Å²) in [5, 5.41) is -0.721. The average molecular weight is 320 g/mol. The van der Waals surface area contributed by atoms with Gasteiger partial charge in [-0.3, -0.25) is 9.59 Å². The molecule has 1 aliphatic heterocycles. The first kappa shape index (κ1) is 15.8. The molecule has 1 heterocycles. The fourth-order valence-corrected chi connectivity index (χ4v) is 2.78. The number of hydrogen-bond donors (Lipinski definition) is 0. The van der Waals surface area contributed by atoms with Crippen molar-refractivity contribution in [3.8, 4) is 0 Å². The van der Waals surface area contributed by atoms with E-state index in [1.807, 2.05) is 6.92 Å². The number of carbonyl (C=O) groups excluding carboxylic acids is 2. The Morgan fingerprint density at radius 2 is 1.90 bits per heavy atom. The highest BCUT2D eigenvalue weighted by molar-refractivity contribution is 6.65. The summed E-state index contributed by atoms with van der Waals surface area (Å²) in [6, 6.07) is 4.29. The maximum absolute atomic E-state index is 12.5.